The molecule has 2 aliphatic heterocycles. The van der Waals surface area contributed by atoms with Crippen LogP contribution in [0.1, 0.15) is 17.9 Å². The highest BCUT2D eigenvalue weighted by molar-refractivity contribution is 5.79. The minimum Gasteiger partial charge on any atom is -0.481 e. The van der Waals surface area contributed by atoms with Crippen molar-refractivity contribution in [1.82, 2.24) is 19.7 Å². The number of hydrogen-bond donors (Lipinski definition) is 1. The van der Waals surface area contributed by atoms with Gasteiger partial charge in [-0.3, -0.25) is 14.3 Å². The van der Waals surface area contributed by atoms with E-state index in [4.69, 9.17) is 9.47 Å². The van der Waals surface area contributed by atoms with Crippen molar-refractivity contribution in [2.45, 2.75) is 18.9 Å². The predicted molar refractivity (Wildman–Crippen MR) is 87.7 cm³/mol. The van der Waals surface area contributed by atoms with E-state index in [2.05, 4.69) is 10.1 Å². The number of hydrogen-bond acceptors (Lipinski definition) is 6. The smallest absolute Gasteiger partial charge is 0.308 e. The summed E-state index contributed by atoms with van der Waals surface area (Å²) in [6.45, 7) is 1.15. The molecule has 0 bridgehead atoms. The van der Waals surface area contributed by atoms with Crippen LogP contribution in [0.3, 0.4) is 0 Å². The van der Waals surface area contributed by atoms with E-state index >= 15 is 0 Å². The Morgan fingerprint density at radius 1 is 1.23 bits per heavy atom. The fourth-order valence-electron chi connectivity index (χ4n) is 3.46. The van der Waals surface area contributed by atoms with Crippen molar-refractivity contribution >= 4 is 11.9 Å². The molecule has 4 rings (SSSR count). The van der Waals surface area contributed by atoms with Crippen molar-refractivity contribution in [3.8, 4) is 11.5 Å². The van der Waals surface area contributed by atoms with Gasteiger partial charge in [0.05, 0.1) is 12.5 Å². The first-order chi connectivity index (χ1) is 12.6. The lowest BCUT2D eigenvalue weighted by molar-refractivity contribution is -0.141. The zero-order valence-corrected chi connectivity index (χ0v) is 13.9. The van der Waals surface area contributed by atoms with Crippen molar-refractivity contribution < 1.29 is 24.2 Å². The topological polar surface area (TPSA) is 107 Å². The number of fused-ring (bicyclic) bond motifs is 1. The zero-order valence-electron chi connectivity index (χ0n) is 13.9. The lowest BCUT2D eigenvalue weighted by atomic mass is 9.89. The molecule has 9 nitrogen and oxygen atoms in total. The van der Waals surface area contributed by atoms with Gasteiger partial charge in [0.2, 0.25) is 12.7 Å². The second-order valence-electron chi connectivity index (χ2n) is 6.37. The van der Waals surface area contributed by atoms with E-state index in [1.807, 2.05) is 12.1 Å². The molecule has 1 aromatic carbocycles. The maximum Gasteiger partial charge on any atom is 0.308 e. The largest absolute Gasteiger partial charge is 0.481 e. The Kier molecular flexibility index (Phi) is 4.19. The molecule has 0 saturated carbocycles. The third-order valence-electron chi connectivity index (χ3n) is 4.84. The molecule has 0 spiro atoms. The van der Waals surface area contributed by atoms with Crippen LogP contribution < -0.4 is 9.47 Å². The highest BCUT2D eigenvalue weighted by Crippen LogP contribution is 2.39. The number of carbonyl (C=O) groups excluding carboxylic acids is 1. The summed E-state index contributed by atoms with van der Waals surface area (Å²) < 4.78 is 12.3. The summed E-state index contributed by atoms with van der Waals surface area (Å²) in [5.41, 5.74) is 0.841. The van der Waals surface area contributed by atoms with Gasteiger partial charge in [-0.1, -0.05) is 6.07 Å². The fourth-order valence-corrected chi connectivity index (χ4v) is 3.46. The monoisotopic (exact) mass is 358 g/mol. The summed E-state index contributed by atoms with van der Waals surface area (Å²) in [7, 11) is 0. The Labute approximate surface area is 149 Å². The summed E-state index contributed by atoms with van der Waals surface area (Å²) in [6.07, 6.45) is 3.22. The first kappa shape index (κ1) is 16.4. The summed E-state index contributed by atoms with van der Waals surface area (Å²) in [5, 5.41) is 13.6. The quantitative estimate of drug-likeness (QED) is 0.839. The van der Waals surface area contributed by atoms with Gasteiger partial charge in [0.15, 0.2) is 11.5 Å². The summed E-state index contributed by atoms with van der Waals surface area (Å²) >= 11 is 0. The van der Waals surface area contributed by atoms with E-state index in [1.165, 1.54) is 6.33 Å². The van der Waals surface area contributed by atoms with Crippen molar-refractivity contribution in [3.05, 3.63) is 36.4 Å². The van der Waals surface area contributed by atoms with E-state index in [9.17, 15) is 14.7 Å². The van der Waals surface area contributed by atoms with Gasteiger partial charge >= 0.3 is 5.97 Å². The minimum absolute atomic E-state index is 0.0880. The number of benzene rings is 1. The summed E-state index contributed by atoms with van der Waals surface area (Å²) in [6, 6.07) is 5.44. The van der Waals surface area contributed by atoms with Gasteiger partial charge in [0.1, 0.15) is 12.7 Å². The van der Waals surface area contributed by atoms with Crippen LogP contribution in [-0.4, -0.2) is 56.5 Å². The molecule has 0 radical (unpaired) electrons. The van der Waals surface area contributed by atoms with Gasteiger partial charge in [-0.2, -0.15) is 5.10 Å². The summed E-state index contributed by atoms with van der Waals surface area (Å²) in [5.74, 6) is -0.653. The second kappa shape index (κ2) is 6.66. The molecule has 1 amide bonds. The molecule has 26 heavy (non-hydrogen) atoms. The number of aliphatic carboxylic acids is 1. The van der Waals surface area contributed by atoms with Crippen molar-refractivity contribution in [3.63, 3.8) is 0 Å². The standard InChI is InChI=1S/C17H18N4O5/c22-16(3-4-21-9-18-8-19-21)20-6-12(13(7-20)17(23)24)11-1-2-14-15(5-11)26-10-25-14/h1-2,5,8-9,12-13H,3-4,6-7,10H2,(H,23,24)/t12-,13+/m0/s1. The van der Waals surface area contributed by atoms with E-state index in [-0.39, 0.29) is 31.6 Å². The van der Waals surface area contributed by atoms with E-state index in [1.54, 1.807) is 22.0 Å². The number of carbonyl (C=O) groups is 2. The third kappa shape index (κ3) is 3.07. The Balaban J connectivity index is 1.48. The van der Waals surface area contributed by atoms with E-state index in [0.717, 1.165) is 5.56 Å². The molecule has 136 valence electrons. The van der Waals surface area contributed by atoms with Crippen LogP contribution >= 0.6 is 0 Å². The van der Waals surface area contributed by atoms with Crippen molar-refractivity contribution in [2.75, 3.05) is 19.9 Å². The molecular formula is C17H18N4O5. The van der Waals surface area contributed by atoms with Crippen LogP contribution in [0.25, 0.3) is 0 Å². The first-order valence-electron chi connectivity index (χ1n) is 8.34. The molecule has 1 fully saturated rings. The minimum atomic E-state index is -0.903. The molecule has 1 N–H and O–H groups in total. The van der Waals surface area contributed by atoms with Crippen LogP contribution in [0, 0.1) is 5.92 Å². The predicted octanol–water partition coefficient (Wildman–Crippen LogP) is 0.724. The average molecular weight is 358 g/mol. The maximum atomic E-state index is 12.5. The number of ether oxygens (including phenoxy) is 2. The van der Waals surface area contributed by atoms with Crippen LogP contribution in [0.5, 0.6) is 11.5 Å². The third-order valence-corrected chi connectivity index (χ3v) is 4.84. The number of aromatic nitrogens is 3. The second-order valence-corrected chi connectivity index (χ2v) is 6.37. The molecular weight excluding hydrogens is 340 g/mol. The SMILES string of the molecule is O=C(O)[C@@H]1CN(C(=O)CCn2cncn2)C[C@H]1c1ccc2c(c1)OCO2. The highest BCUT2D eigenvalue weighted by atomic mass is 16.7. The number of rotatable bonds is 5. The number of aryl methyl sites for hydroxylation is 1. The van der Waals surface area contributed by atoms with Crippen LogP contribution in [-0.2, 0) is 16.1 Å². The fraction of sp³-hybridized carbons (Fsp3) is 0.412. The van der Waals surface area contributed by atoms with Crippen molar-refractivity contribution in [1.29, 1.82) is 0 Å². The highest BCUT2D eigenvalue weighted by Gasteiger charge is 2.40. The number of carboxylic acid groups (broad SMARTS) is 1. The normalized spacial score (nSPS) is 21.2. The molecule has 2 aromatic rings. The van der Waals surface area contributed by atoms with Gasteiger partial charge in [-0.05, 0) is 17.7 Å². The van der Waals surface area contributed by atoms with Gasteiger partial charge in [-0.25, -0.2) is 4.98 Å². The molecule has 3 heterocycles. The van der Waals surface area contributed by atoms with Gasteiger partial charge < -0.3 is 19.5 Å². The van der Waals surface area contributed by atoms with E-state index in [0.29, 0.717) is 24.6 Å². The lowest BCUT2D eigenvalue weighted by Gasteiger charge is -2.16. The molecule has 2 atom stereocenters. The number of likely N-dealkylation sites (tertiary alicyclic amines) is 1. The Morgan fingerprint density at radius 3 is 2.85 bits per heavy atom. The molecule has 1 aromatic heterocycles. The molecule has 2 aliphatic rings. The average Bonchev–Trinajstić information content (AvgIpc) is 3.38. The maximum absolute atomic E-state index is 12.5. The molecule has 0 aliphatic carbocycles. The van der Waals surface area contributed by atoms with Crippen LogP contribution in [0.2, 0.25) is 0 Å². The number of nitrogens with zero attached hydrogens (tertiary/aromatic N) is 4. The lowest BCUT2D eigenvalue weighted by Crippen LogP contribution is -2.30. The Morgan fingerprint density at radius 2 is 2.08 bits per heavy atom. The number of amides is 1. The van der Waals surface area contributed by atoms with Crippen LogP contribution in [0.4, 0.5) is 0 Å². The van der Waals surface area contributed by atoms with Gasteiger partial charge in [-0.15, -0.1) is 0 Å². The van der Waals surface area contributed by atoms with Gasteiger partial charge in [0, 0.05) is 25.4 Å². The zero-order chi connectivity index (χ0) is 18.1. The molecule has 0 unspecified atom stereocenters. The summed E-state index contributed by atoms with van der Waals surface area (Å²) in [4.78, 5) is 29.7. The Bertz CT molecular complexity index is 823. The van der Waals surface area contributed by atoms with Crippen LogP contribution in [0.15, 0.2) is 30.9 Å². The Hall–Kier alpha value is -3.10. The van der Waals surface area contributed by atoms with Crippen molar-refractivity contribution in [2.24, 2.45) is 5.92 Å². The molecule has 9 heteroatoms. The first-order valence-corrected chi connectivity index (χ1v) is 8.34. The van der Waals surface area contributed by atoms with Gasteiger partial charge in [0.25, 0.3) is 0 Å². The van der Waals surface area contributed by atoms with E-state index < -0.39 is 11.9 Å². The molecule has 1 saturated heterocycles. The number of carboxylic acids is 1.